The van der Waals surface area contributed by atoms with Crippen LogP contribution in [0, 0.1) is 18.3 Å². The van der Waals surface area contributed by atoms with Crippen LogP contribution in [0.3, 0.4) is 0 Å². The molecule has 0 radical (unpaired) electrons. The van der Waals surface area contributed by atoms with Crippen LogP contribution in [0.15, 0.2) is 18.2 Å². The molecule has 0 saturated heterocycles. The molecule has 0 aliphatic rings. The molecule has 6 heteroatoms. The highest BCUT2D eigenvalue weighted by Crippen LogP contribution is 2.26. The van der Waals surface area contributed by atoms with E-state index in [9.17, 15) is 0 Å². The predicted molar refractivity (Wildman–Crippen MR) is 71.4 cm³/mol. The van der Waals surface area contributed by atoms with Crippen LogP contribution in [0.1, 0.15) is 11.3 Å². The maximum atomic E-state index is 8.90. The summed E-state index contributed by atoms with van der Waals surface area (Å²) in [7, 11) is 0. The summed E-state index contributed by atoms with van der Waals surface area (Å²) in [6, 6.07) is 6.96. The number of nitrogens with zero attached hydrogens (tertiary/aromatic N) is 3. The average molecular weight is 279 g/mol. The van der Waals surface area contributed by atoms with Gasteiger partial charge in [0.15, 0.2) is 5.82 Å². The summed E-state index contributed by atoms with van der Waals surface area (Å²) in [5.74, 6) is 0.546. The fourth-order valence-corrected chi connectivity index (χ4v) is 2.07. The van der Waals surface area contributed by atoms with E-state index in [1.165, 1.54) is 0 Å². The van der Waals surface area contributed by atoms with Crippen molar-refractivity contribution in [2.24, 2.45) is 0 Å². The summed E-state index contributed by atoms with van der Waals surface area (Å²) in [4.78, 5) is 8.31. The molecular weight excluding hydrogens is 271 g/mol. The quantitative estimate of drug-likeness (QED) is 0.869. The van der Waals surface area contributed by atoms with E-state index in [4.69, 9.17) is 34.2 Å². The summed E-state index contributed by atoms with van der Waals surface area (Å²) >= 11 is 11.8. The summed E-state index contributed by atoms with van der Waals surface area (Å²) in [6.45, 7) is 1.70. The molecule has 2 N–H and O–H groups in total. The van der Waals surface area contributed by atoms with Crippen molar-refractivity contribution >= 4 is 29.0 Å². The number of aromatic nitrogens is 2. The molecule has 1 aromatic heterocycles. The molecule has 0 aliphatic heterocycles. The summed E-state index contributed by atoms with van der Waals surface area (Å²) in [5, 5.41) is 9.87. The third kappa shape index (κ3) is 2.37. The second-order valence-corrected chi connectivity index (χ2v) is 4.54. The summed E-state index contributed by atoms with van der Waals surface area (Å²) in [6.07, 6.45) is 0. The monoisotopic (exact) mass is 278 g/mol. The molecule has 2 aromatic rings. The van der Waals surface area contributed by atoms with Gasteiger partial charge in [-0.3, -0.25) is 0 Å². The lowest BCUT2D eigenvalue weighted by molar-refractivity contribution is 1.10. The largest absolute Gasteiger partial charge is 0.382 e. The Morgan fingerprint density at radius 3 is 2.28 bits per heavy atom. The number of rotatable bonds is 1. The number of hydrogen-bond acceptors (Lipinski definition) is 4. The fraction of sp³-hybridized carbons (Fsp3) is 0.0833. The molecule has 0 saturated carbocycles. The number of aryl methyl sites for hydroxylation is 1. The summed E-state index contributed by atoms with van der Waals surface area (Å²) in [5.41, 5.74) is 7.17. The molecule has 0 atom stereocenters. The number of halogens is 2. The Hall–Kier alpha value is -1.83. The molecule has 1 heterocycles. The van der Waals surface area contributed by atoms with E-state index >= 15 is 0 Å². The molecule has 1 aromatic carbocycles. The first kappa shape index (κ1) is 12.6. The highest BCUT2D eigenvalue weighted by molar-refractivity contribution is 6.35. The minimum Gasteiger partial charge on any atom is -0.382 e. The SMILES string of the molecule is Cc1nc(-c2cc(Cl)cc(Cl)c2)nc(N)c1C#N. The van der Waals surface area contributed by atoms with Gasteiger partial charge in [0.25, 0.3) is 0 Å². The normalized spacial score (nSPS) is 10.1. The van der Waals surface area contributed by atoms with Gasteiger partial charge in [0.2, 0.25) is 0 Å². The highest BCUT2D eigenvalue weighted by Gasteiger charge is 2.11. The van der Waals surface area contributed by atoms with Gasteiger partial charge in [0.05, 0.1) is 5.69 Å². The van der Waals surface area contributed by atoms with E-state index in [2.05, 4.69) is 9.97 Å². The zero-order chi connectivity index (χ0) is 13.3. The van der Waals surface area contributed by atoms with E-state index in [-0.39, 0.29) is 11.4 Å². The first-order valence-corrected chi connectivity index (χ1v) is 5.77. The predicted octanol–water partition coefficient (Wildman–Crippen LogP) is 3.21. The molecule has 2 rings (SSSR count). The van der Waals surface area contributed by atoms with E-state index in [0.717, 1.165) is 0 Å². The third-order valence-electron chi connectivity index (χ3n) is 2.35. The van der Waals surface area contributed by atoms with Crippen molar-refractivity contribution in [3.63, 3.8) is 0 Å². The van der Waals surface area contributed by atoms with Gasteiger partial charge in [0, 0.05) is 15.6 Å². The van der Waals surface area contributed by atoms with Gasteiger partial charge in [-0.1, -0.05) is 23.2 Å². The van der Waals surface area contributed by atoms with Crippen molar-refractivity contribution in [2.45, 2.75) is 6.92 Å². The van der Waals surface area contributed by atoms with Gasteiger partial charge in [-0.15, -0.1) is 0 Å². The van der Waals surface area contributed by atoms with Crippen LogP contribution in [0.5, 0.6) is 0 Å². The Bertz CT molecular complexity index is 618. The van der Waals surface area contributed by atoms with Crippen molar-refractivity contribution in [3.8, 4) is 17.5 Å². The first-order valence-electron chi connectivity index (χ1n) is 5.02. The van der Waals surface area contributed by atoms with E-state index in [1.807, 2.05) is 6.07 Å². The Morgan fingerprint density at radius 2 is 1.78 bits per heavy atom. The number of nitrogen functional groups attached to an aromatic ring is 1. The van der Waals surface area contributed by atoms with Gasteiger partial charge in [0.1, 0.15) is 17.5 Å². The highest BCUT2D eigenvalue weighted by atomic mass is 35.5. The standard InChI is InChI=1S/C12H8Cl2N4/c1-6-10(5-15)11(16)18-12(17-6)7-2-8(13)4-9(14)3-7/h2-4H,1H3,(H2,16,17,18). The lowest BCUT2D eigenvalue weighted by atomic mass is 10.2. The molecule has 0 fully saturated rings. The molecule has 0 amide bonds. The van der Waals surface area contributed by atoms with Crippen molar-refractivity contribution < 1.29 is 0 Å². The minimum atomic E-state index is 0.149. The van der Waals surface area contributed by atoms with Crippen molar-refractivity contribution in [1.82, 2.24) is 9.97 Å². The van der Waals surface area contributed by atoms with Gasteiger partial charge in [-0.2, -0.15) is 5.26 Å². The lowest BCUT2D eigenvalue weighted by Crippen LogP contribution is -2.02. The number of anilines is 1. The Labute approximate surface area is 114 Å². The molecule has 90 valence electrons. The molecule has 0 bridgehead atoms. The average Bonchev–Trinajstić information content (AvgIpc) is 2.27. The Morgan fingerprint density at radius 1 is 1.17 bits per heavy atom. The van der Waals surface area contributed by atoms with Crippen LogP contribution in [-0.2, 0) is 0 Å². The minimum absolute atomic E-state index is 0.149. The molecule has 4 nitrogen and oxygen atoms in total. The second kappa shape index (κ2) is 4.81. The number of hydrogen-bond donors (Lipinski definition) is 1. The first-order chi connectivity index (χ1) is 8.51. The third-order valence-corrected chi connectivity index (χ3v) is 2.79. The van der Waals surface area contributed by atoms with E-state index in [1.54, 1.807) is 25.1 Å². The maximum absolute atomic E-state index is 8.90. The smallest absolute Gasteiger partial charge is 0.161 e. The molecular formula is C12H8Cl2N4. The molecule has 0 aliphatic carbocycles. The van der Waals surface area contributed by atoms with Gasteiger partial charge < -0.3 is 5.73 Å². The zero-order valence-electron chi connectivity index (χ0n) is 9.41. The van der Waals surface area contributed by atoms with Crippen LogP contribution in [0.2, 0.25) is 10.0 Å². The van der Waals surface area contributed by atoms with Gasteiger partial charge in [-0.05, 0) is 25.1 Å². The lowest BCUT2D eigenvalue weighted by Gasteiger charge is -2.06. The second-order valence-electron chi connectivity index (χ2n) is 3.66. The fourth-order valence-electron chi connectivity index (χ4n) is 1.55. The molecule has 18 heavy (non-hydrogen) atoms. The van der Waals surface area contributed by atoms with Crippen molar-refractivity contribution in [2.75, 3.05) is 5.73 Å². The van der Waals surface area contributed by atoms with Crippen LogP contribution in [-0.4, -0.2) is 9.97 Å². The number of nitriles is 1. The van der Waals surface area contributed by atoms with Gasteiger partial charge in [-0.25, -0.2) is 9.97 Å². The van der Waals surface area contributed by atoms with Crippen LogP contribution >= 0.6 is 23.2 Å². The zero-order valence-corrected chi connectivity index (χ0v) is 10.9. The Kier molecular flexibility index (Phi) is 3.37. The van der Waals surface area contributed by atoms with Crippen molar-refractivity contribution in [1.29, 1.82) is 5.26 Å². The van der Waals surface area contributed by atoms with E-state index in [0.29, 0.717) is 27.1 Å². The molecule has 0 spiro atoms. The summed E-state index contributed by atoms with van der Waals surface area (Å²) < 4.78 is 0. The van der Waals surface area contributed by atoms with Crippen LogP contribution < -0.4 is 5.73 Å². The Balaban J connectivity index is 2.62. The number of nitrogens with two attached hydrogens (primary N) is 1. The molecule has 0 unspecified atom stereocenters. The van der Waals surface area contributed by atoms with E-state index < -0.39 is 0 Å². The number of benzene rings is 1. The van der Waals surface area contributed by atoms with Crippen molar-refractivity contribution in [3.05, 3.63) is 39.5 Å². The van der Waals surface area contributed by atoms with Crippen LogP contribution in [0.4, 0.5) is 5.82 Å². The topological polar surface area (TPSA) is 75.6 Å². The van der Waals surface area contributed by atoms with Crippen LogP contribution in [0.25, 0.3) is 11.4 Å². The van der Waals surface area contributed by atoms with Gasteiger partial charge >= 0.3 is 0 Å². The maximum Gasteiger partial charge on any atom is 0.161 e.